The Morgan fingerprint density at radius 1 is 1.12 bits per heavy atom. The standard InChI is InChI=1S/C25H23BrN4O4/c26-21-12-27-22(24(31)32)29-23(21)30-11-5-6-15(13-30)28-25(33)34-14-20-18-9-3-1-7-16(18)17-8-2-4-10-19(17)20/h1-4,7-10,12,15,20H,5-6,11,13-14H2,(H,28,33)(H,31,32). The molecule has 174 valence electrons. The number of benzene rings is 2. The van der Waals surface area contributed by atoms with Crippen molar-refractivity contribution in [3.8, 4) is 11.1 Å². The first kappa shape index (κ1) is 22.3. The zero-order chi connectivity index (χ0) is 23.7. The molecule has 2 N–H and O–H groups in total. The molecule has 1 aliphatic heterocycles. The number of ether oxygens (including phenoxy) is 1. The van der Waals surface area contributed by atoms with E-state index in [1.165, 1.54) is 28.5 Å². The molecule has 2 aliphatic rings. The third kappa shape index (κ3) is 4.35. The van der Waals surface area contributed by atoms with Crippen molar-refractivity contribution >= 4 is 33.8 Å². The fraction of sp³-hybridized carbons (Fsp3) is 0.280. The van der Waals surface area contributed by atoms with Crippen LogP contribution in [-0.4, -0.2) is 52.9 Å². The first-order chi connectivity index (χ1) is 16.5. The van der Waals surface area contributed by atoms with Gasteiger partial charge in [-0.05, 0) is 51.0 Å². The highest BCUT2D eigenvalue weighted by Crippen LogP contribution is 2.44. The number of fused-ring (bicyclic) bond motifs is 3. The van der Waals surface area contributed by atoms with Crippen molar-refractivity contribution in [1.29, 1.82) is 0 Å². The van der Waals surface area contributed by atoms with Crippen molar-refractivity contribution in [2.45, 2.75) is 24.8 Å². The van der Waals surface area contributed by atoms with E-state index in [0.29, 0.717) is 23.4 Å². The van der Waals surface area contributed by atoms with Crippen LogP contribution < -0.4 is 10.2 Å². The normalized spacial score (nSPS) is 17.1. The van der Waals surface area contributed by atoms with Gasteiger partial charge in [0.1, 0.15) is 12.4 Å². The third-order valence-corrected chi connectivity index (χ3v) is 6.86. The van der Waals surface area contributed by atoms with Crippen molar-refractivity contribution in [3.05, 3.63) is 76.2 Å². The van der Waals surface area contributed by atoms with Gasteiger partial charge in [-0.25, -0.2) is 19.6 Å². The molecule has 1 fully saturated rings. The topological polar surface area (TPSA) is 105 Å². The number of hydrogen-bond donors (Lipinski definition) is 2. The van der Waals surface area contributed by atoms with Crippen LogP contribution in [0.1, 0.15) is 40.5 Å². The van der Waals surface area contributed by atoms with Crippen molar-refractivity contribution in [2.75, 3.05) is 24.6 Å². The Morgan fingerprint density at radius 3 is 2.47 bits per heavy atom. The van der Waals surface area contributed by atoms with Crippen LogP contribution in [-0.2, 0) is 4.74 Å². The Hall–Kier alpha value is -3.46. The van der Waals surface area contributed by atoms with Gasteiger partial charge in [-0.2, -0.15) is 0 Å². The molecule has 1 amide bonds. The van der Waals surface area contributed by atoms with Crippen LogP contribution >= 0.6 is 15.9 Å². The van der Waals surface area contributed by atoms with Crippen LogP contribution in [0.5, 0.6) is 0 Å². The van der Waals surface area contributed by atoms with Gasteiger partial charge < -0.3 is 20.1 Å². The number of carbonyl (C=O) groups excluding carboxylic acids is 1. The van der Waals surface area contributed by atoms with Gasteiger partial charge in [0.05, 0.1) is 4.47 Å². The maximum atomic E-state index is 12.7. The van der Waals surface area contributed by atoms with E-state index in [0.717, 1.165) is 12.8 Å². The lowest BCUT2D eigenvalue weighted by Crippen LogP contribution is -2.48. The van der Waals surface area contributed by atoms with E-state index in [-0.39, 0.29) is 24.4 Å². The minimum absolute atomic E-state index is 0.00687. The van der Waals surface area contributed by atoms with Crippen molar-refractivity contribution in [3.63, 3.8) is 0 Å². The summed E-state index contributed by atoms with van der Waals surface area (Å²) in [6, 6.07) is 16.3. The minimum atomic E-state index is -1.18. The molecule has 1 aromatic heterocycles. The number of amides is 1. The first-order valence-electron chi connectivity index (χ1n) is 11.1. The van der Waals surface area contributed by atoms with Crippen LogP contribution in [0, 0.1) is 0 Å². The first-order valence-corrected chi connectivity index (χ1v) is 11.9. The van der Waals surface area contributed by atoms with E-state index in [4.69, 9.17) is 4.74 Å². The van der Waals surface area contributed by atoms with Gasteiger partial charge in [-0.3, -0.25) is 0 Å². The highest BCUT2D eigenvalue weighted by atomic mass is 79.9. The Morgan fingerprint density at radius 2 is 1.79 bits per heavy atom. The number of aromatic carboxylic acids is 1. The molecule has 5 rings (SSSR count). The molecule has 1 saturated heterocycles. The van der Waals surface area contributed by atoms with Crippen LogP contribution in [0.25, 0.3) is 11.1 Å². The Balaban J connectivity index is 1.23. The number of carboxylic acids is 1. The molecule has 0 bridgehead atoms. The van der Waals surface area contributed by atoms with Crippen LogP contribution in [0.2, 0.25) is 0 Å². The SMILES string of the molecule is O=C(NC1CCCN(c2nc(C(=O)O)ncc2Br)C1)OCC1c2ccccc2-c2ccccc21. The summed E-state index contributed by atoms with van der Waals surface area (Å²) in [5.41, 5.74) is 4.71. The van der Waals surface area contributed by atoms with Gasteiger partial charge in [0.25, 0.3) is 0 Å². The number of nitrogens with zero attached hydrogens (tertiary/aromatic N) is 3. The Labute approximate surface area is 205 Å². The highest BCUT2D eigenvalue weighted by Gasteiger charge is 2.30. The van der Waals surface area contributed by atoms with Gasteiger partial charge in [0.15, 0.2) is 0 Å². The van der Waals surface area contributed by atoms with E-state index >= 15 is 0 Å². The number of piperidine rings is 1. The van der Waals surface area contributed by atoms with E-state index in [1.807, 2.05) is 29.2 Å². The summed E-state index contributed by atoms with van der Waals surface area (Å²) >= 11 is 3.40. The maximum Gasteiger partial charge on any atom is 0.407 e. The summed E-state index contributed by atoms with van der Waals surface area (Å²) < 4.78 is 6.29. The Bertz CT molecular complexity index is 1210. The molecule has 2 heterocycles. The van der Waals surface area contributed by atoms with Crippen molar-refractivity contribution in [1.82, 2.24) is 15.3 Å². The molecule has 0 spiro atoms. The van der Waals surface area contributed by atoms with Crippen LogP contribution in [0.4, 0.5) is 10.6 Å². The quantitative estimate of drug-likeness (QED) is 0.510. The fourth-order valence-electron chi connectivity index (χ4n) is 4.78. The van der Waals surface area contributed by atoms with Crippen LogP contribution in [0.15, 0.2) is 59.2 Å². The number of carbonyl (C=O) groups is 2. The summed E-state index contributed by atoms with van der Waals surface area (Å²) in [6.07, 6.45) is 2.61. The van der Waals surface area contributed by atoms with Crippen LogP contribution in [0.3, 0.4) is 0 Å². The fourth-order valence-corrected chi connectivity index (χ4v) is 5.22. The molecule has 2 aromatic carbocycles. The smallest absolute Gasteiger partial charge is 0.407 e. The highest BCUT2D eigenvalue weighted by molar-refractivity contribution is 9.10. The zero-order valence-electron chi connectivity index (χ0n) is 18.3. The maximum absolute atomic E-state index is 12.7. The van der Waals surface area contributed by atoms with Gasteiger partial charge in [0, 0.05) is 31.2 Å². The second-order valence-corrected chi connectivity index (χ2v) is 9.28. The molecule has 1 aliphatic carbocycles. The molecule has 1 unspecified atom stereocenters. The van der Waals surface area contributed by atoms with E-state index in [2.05, 4.69) is 55.5 Å². The molecular weight excluding hydrogens is 500 g/mol. The molecular formula is C25H23BrN4O4. The van der Waals surface area contributed by atoms with E-state index < -0.39 is 12.1 Å². The molecule has 9 heteroatoms. The van der Waals surface area contributed by atoms with Gasteiger partial charge in [0.2, 0.25) is 5.82 Å². The van der Waals surface area contributed by atoms with Crippen molar-refractivity contribution < 1.29 is 19.4 Å². The molecule has 0 radical (unpaired) electrons. The second kappa shape index (κ2) is 9.42. The van der Waals surface area contributed by atoms with Gasteiger partial charge in [-0.15, -0.1) is 0 Å². The Kier molecular flexibility index (Phi) is 6.19. The third-order valence-electron chi connectivity index (χ3n) is 6.30. The number of alkyl carbamates (subject to hydrolysis) is 1. The average Bonchev–Trinajstić information content (AvgIpc) is 3.17. The van der Waals surface area contributed by atoms with E-state index in [1.54, 1.807) is 0 Å². The zero-order valence-corrected chi connectivity index (χ0v) is 19.9. The number of nitrogens with one attached hydrogen (secondary N) is 1. The molecule has 0 saturated carbocycles. The monoisotopic (exact) mass is 522 g/mol. The molecule has 34 heavy (non-hydrogen) atoms. The number of carboxylic acid groups (broad SMARTS) is 1. The lowest BCUT2D eigenvalue weighted by molar-refractivity contribution is 0.0683. The number of anilines is 1. The summed E-state index contributed by atoms with van der Waals surface area (Å²) in [5, 5.41) is 12.2. The number of hydrogen-bond acceptors (Lipinski definition) is 6. The van der Waals surface area contributed by atoms with Gasteiger partial charge >= 0.3 is 12.1 Å². The minimum Gasteiger partial charge on any atom is -0.475 e. The predicted molar refractivity (Wildman–Crippen MR) is 130 cm³/mol. The second-order valence-electron chi connectivity index (χ2n) is 8.43. The van der Waals surface area contributed by atoms with Crippen molar-refractivity contribution in [2.24, 2.45) is 0 Å². The largest absolute Gasteiger partial charge is 0.475 e. The van der Waals surface area contributed by atoms with Gasteiger partial charge in [-0.1, -0.05) is 48.5 Å². The summed E-state index contributed by atoms with van der Waals surface area (Å²) in [5.74, 6) is -0.928. The van der Waals surface area contributed by atoms with E-state index in [9.17, 15) is 14.7 Å². The molecule has 3 aromatic rings. The molecule has 8 nitrogen and oxygen atoms in total. The summed E-state index contributed by atoms with van der Waals surface area (Å²) in [6.45, 7) is 1.46. The number of rotatable bonds is 5. The average molecular weight is 523 g/mol. The summed E-state index contributed by atoms with van der Waals surface area (Å²) in [4.78, 5) is 33.9. The lowest BCUT2D eigenvalue weighted by Gasteiger charge is -2.34. The molecule has 1 atom stereocenters. The number of aromatic nitrogens is 2. The lowest BCUT2D eigenvalue weighted by atomic mass is 9.98. The predicted octanol–water partition coefficient (Wildman–Crippen LogP) is 4.44. The summed E-state index contributed by atoms with van der Waals surface area (Å²) in [7, 11) is 0. The number of halogens is 1.